The smallest absolute Gasteiger partial charge is 0.224 e. The van der Waals surface area contributed by atoms with Gasteiger partial charge in [-0.1, -0.05) is 104 Å². The molecule has 0 saturated heterocycles. The van der Waals surface area contributed by atoms with Crippen molar-refractivity contribution in [2.24, 2.45) is 0 Å². The van der Waals surface area contributed by atoms with Gasteiger partial charge in [0.05, 0.1) is 5.56 Å². The first-order valence-corrected chi connectivity index (χ1v) is 14.1. The minimum absolute atomic E-state index is 0.0103. The number of hydrogen-bond acceptors (Lipinski definition) is 0. The van der Waals surface area contributed by atoms with E-state index in [1.807, 2.05) is 0 Å². The first-order chi connectivity index (χ1) is 16.7. The van der Waals surface area contributed by atoms with E-state index in [0.717, 1.165) is 12.8 Å². The zero-order valence-electron chi connectivity index (χ0n) is 23.5. The topological polar surface area (TPSA) is 8.81 Å². The molecule has 1 aliphatic heterocycles. The molecule has 4 rings (SSSR count). The van der Waals surface area contributed by atoms with Crippen LogP contribution in [0, 0.1) is 0 Å². The van der Waals surface area contributed by atoms with Crippen molar-refractivity contribution in [1.29, 1.82) is 0 Å². The molecule has 188 valence electrons. The summed E-state index contributed by atoms with van der Waals surface area (Å²) in [6, 6.07) is 16.2. The molecule has 0 N–H and O–H groups in total. The predicted octanol–water partition coefficient (Wildman–Crippen LogP) is 9.05. The van der Waals surface area contributed by atoms with Crippen LogP contribution in [0.2, 0.25) is 0 Å². The number of para-hydroxylation sites is 1. The van der Waals surface area contributed by atoms with Crippen molar-refractivity contribution in [3.05, 3.63) is 71.5 Å². The highest BCUT2D eigenvalue weighted by Gasteiger charge is 2.55. The van der Waals surface area contributed by atoms with Crippen LogP contribution in [0.3, 0.4) is 0 Å². The van der Waals surface area contributed by atoms with Gasteiger partial charge in [-0.3, -0.25) is 0 Å². The van der Waals surface area contributed by atoms with Crippen LogP contribution in [-0.2, 0) is 11.0 Å². The molecule has 0 spiro atoms. The summed E-state index contributed by atoms with van der Waals surface area (Å²) in [6.45, 7) is 19.1. The van der Waals surface area contributed by atoms with Crippen LogP contribution < -0.4 is 4.57 Å². The van der Waals surface area contributed by atoms with E-state index >= 15 is 0 Å². The summed E-state index contributed by atoms with van der Waals surface area (Å²) in [6.07, 6.45) is 12.1. The molecule has 0 amide bonds. The van der Waals surface area contributed by atoms with Crippen LogP contribution in [0.4, 0.5) is 0 Å². The summed E-state index contributed by atoms with van der Waals surface area (Å²) in [5, 5.41) is 0. The van der Waals surface area contributed by atoms with E-state index in [1.54, 1.807) is 0 Å². The molecule has 1 aliphatic rings. The molecule has 2 heterocycles. The minimum Gasteiger partial charge on any atom is -0.224 e. The maximum atomic E-state index is 2.61. The number of unbranched alkanes of at least 4 members (excludes halogenated alkanes) is 2. The Bertz CT molecular complexity index is 1170. The van der Waals surface area contributed by atoms with Crippen LogP contribution >= 0.6 is 0 Å². The first-order valence-electron chi connectivity index (χ1n) is 14.1. The van der Waals surface area contributed by atoms with Crippen molar-refractivity contribution in [3.63, 3.8) is 0 Å². The van der Waals surface area contributed by atoms with Crippen molar-refractivity contribution >= 4 is 0 Å². The Kier molecular flexibility index (Phi) is 7.32. The first kappa shape index (κ1) is 25.7. The highest BCUT2D eigenvalue weighted by Crippen LogP contribution is 2.50. The quantitative estimate of drug-likeness (QED) is 0.217. The molecule has 2 nitrogen and oxygen atoms in total. The lowest BCUT2D eigenvalue weighted by Gasteiger charge is -2.47. The van der Waals surface area contributed by atoms with Gasteiger partial charge in [0, 0.05) is 16.5 Å². The van der Waals surface area contributed by atoms with Gasteiger partial charge in [0.25, 0.3) is 5.82 Å². The zero-order valence-corrected chi connectivity index (χ0v) is 23.5. The third-order valence-electron chi connectivity index (χ3n) is 9.43. The second-order valence-corrected chi connectivity index (χ2v) is 11.6. The average Bonchev–Trinajstić information content (AvgIpc) is 3.32. The monoisotopic (exact) mass is 471 g/mol. The van der Waals surface area contributed by atoms with Gasteiger partial charge in [-0.15, -0.1) is 0 Å². The van der Waals surface area contributed by atoms with Gasteiger partial charge in [0.15, 0.2) is 0 Å². The fraction of sp³-hybridized carbons (Fsp3) is 0.545. The van der Waals surface area contributed by atoms with Gasteiger partial charge in [-0.25, -0.2) is 4.57 Å². The van der Waals surface area contributed by atoms with Gasteiger partial charge < -0.3 is 0 Å². The van der Waals surface area contributed by atoms with Crippen molar-refractivity contribution in [2.45, 2.75) is 117 Å². The van der Waals surface area contributed by atoms with E-state index in [-0.39, 0.29) is 11.0 Å². The molecule has 0 radical (unpaired) electrons. The molecule has 2 heteroatoms. The number of aromatic nitrogens is 2. The molecule has 1 aromatic heterocycles. The second kappa shape index (κ2) is 9.96. The van der Waals surface area contributed by atoms with Crippen molar-refractivity contribution < 1.29 is 4.57 Å². The lowest BCUT2D eigenvalue weighted by atomic mass is 9.61. The summed E-state index contributed by atoms with van der Waals surface area (Å²) in [7, 11) is 0. The molecule has 0 fully saturated rings. The molecule has 3 aromatic rings. The van der Waals surface area contributed by atoms with E-state index in [9.17, 15) is 0 Å². The zero-order chi connectivity index (χ0) is 25.4. The molecule has 2 aromatic carbocycles. The van der Waals surface area contributed by atoms with Crippen LogP contribution in [-0.4, -0.2) is 4.57 Å². The highest BCUT2D eigenvalue weighted by molar-refractivity contribution is 5.66. The largest absolute Gasteiger partial charge is 0.294 e. The number of nitrogens with zero attached hydrogens (tertiary/aromatic N) is 2. The average molecular weight is 472 g/mol. The van der Waals surface area contributed by atoms with E-state index in [4.69, 9.17) is 0 Å². The number of benzene rings is 2. The SMILES string of the molecule is CCCCCC(C)c1cccc(C(C)C)c1-n1cc[n+]2c1-c1ccccc1C(C)(CC)C2(C)CC. The summed E-state index contributed by atoms with van der Waals surface area (Å²) in [4.78, 5) is 0. The predicted molar refractivity (Wildman–Crippen MR) is 150 cm³/mol. The Morgan fingerprint density at radius 3 is 2.23 bits per heavy atom. The minimum atomic E-state index is 0.0103. The van der Waals surface area contributed by atoms with E-state index in [1.165, 1.54) is 59.4 Å². The molecule has 3 atom stereocenters. The maximum Gasteiger partial charge on any atom is 0.294 e. The van der Waals surface area contributed by atoms with Gasteiger partial charge >= 0.3 is 0 Å². The Balaban J connectivity index is 2.01. The Hall–Kier alpha value is -2.35. The van der Waals surface area contributed by atoms with Gasteiger partial charge in [0.2, 0.25) is 0 Å². The summed E-state index contributed by atoms with van der Waals surface area (Å²) < 4.78 is 5.16. The van der Waals surface area contributed by atoms with Gasteiger partial charge in [-0.2, -0.15) is 4.57 Å². The number of fused-ring (bicyclic) bond motifs is 3. The summed E-state index contributed by atoms with van der Waals surface area (Å²) in [5.41, 5.74) is 7.32. The van der Waals surface area contributed by atoms with Crippen LogP contribution in [0.1, 0.15) is 122 Å². The number of imidazole rings is 1. The van der Waals surface area contributed by atoms with Crippen molar-refractivity contribution in [3.8, 4) is 17.1 Å². The normalized spacial score (nSPS) is 22.2. The van der Waals surface area contributed by atoms with Gasteiger partial charge in [0.1, 0.15) is 23.6 Å². The molecule has 0 aliphatic carbocycles. The van der Waals surface area contributed by atoms with Gasteiger partial charge in [-0.05, 0) is 49.7 Å². The molecule has 0 bridgehead atoms. The summed E-state index contributed by atoms with van der Waals surface area (Å²) in [5.74, 6) is 2.34. The molecular weight excluding hydrogens is 424 g/mol. The van der Waals surface area contributed by atoms with Crippen molar-refractivity contribution in [2.75, 3.05) is 0 Å². The number of hydrogen-bond donors (Lipinski definition) is 0. The Morgan fingerprint density at radius 1 is 0.857 bits per heavy atom. The third-order valence-corrected chi connectivity index (χ3v) is 9.43. The lowest BCUT2D eigenvalue weighted by Crippen LogP contribution is -2.67. The maximum absolute atomic E-state index is 2.61. The summed E-state index contributed by atoms with van der Waals surface area (Å²) >= 11 is 0. The van der Waals surface area contributed by atoms with E-state index < -0.39 is 0 Å². The van der Waals surface area contributed by atoms with Crippen LogP contribution in [0.15, 0.2) is 54.9 Å². The second-order valence-electron chi connectivity index (χ2n) is 11.6. The Labute approximate surface area is 214 Å². The molecular formula is C33H47N2+. The van der Waals surface area contributed by atoms with Crippen molar-refractivity contribution in [1.82, 2.24) is 4.57 Å². The lowest BCUT2D eigenvalue weighted by molar-refractivity contribution is -0.764. The standard InChI is InChI=1S/C33H47N2/c1-9-12-13-17-25(6)27-20-16-19-26(24(4)5)30(27)34-22-23-35-31(34)28-18-14-15-21-29(28)32(7,10-2)33(35,8)11-3/h14-16,18-25H,9-13,17H2,1-8H3/q+1. The molecule has 3 unspecified atom stereocenters. The molecule has 35 heavy (non-hydrogen) atoms. The van der Waals surface area contributed by atoms with Crippen LogP contribution in [0.5, 0.6) is 0 Å². The fourth-order valence-corrected chi connectivity index (χ4v) is 6.65. The third kappa shape index (κ3) is 3.98. The van der Waals surface area contributed by atoms with E-state index in [2.05, 4.69) is 119 Å². The highest BCUT2D eigenvalue weighted by atomic mass is 15.2. The van der Waals surface area contributed by atoms with Crippen LogP contribution in [0.25, 0.3) is 17.1 Å². The fourth-order valence-electron chi connectivity index (χ4n) is 6.65. The Morgan fingerprint density at radius 2 is 1.57 bits per heavy atom. The van der Waals surface area contributed by atoms with E-state index in [0.29, 0.717) is 11.8 Å². The molecule has 0 saturated carbocycles. The number of rotatable bonds is 9.